The van der Waals surface area contributed by atoms with Gasteiger partial charge in [0.05, 0.1) is 5.92 Å². The average Bonchev–Trinajstić information content (AvgIpc) is 2.36. The first kappa shape index (κ1) is 11.6. The monoisotopic (exact) mass is 235 g/mol. The quantitative estimate of drug-likeness (QED) is 0.883. The van der Waals surface area contributed by atoms with E-state index < -0.39 is 17.6 Å². The van der Waals surface area contributed by atoms with Gasteiger partial charge in [0.15, 0.2) is 0 Å². The SMILES string of the molecule is NCC(c1ncccn1)c1cc(F)ccc1F. The molecule has 2 rings (SSSR count). The van der Waals surface area contributed by atoms with Crippen LogP contribution in [0.3, 0.4) is 0 Å². The van der Waals surface area contributed by atoms with Crippen molar-refractivity contribution in [3.05, 3.63) is 59.7 Å². The third-order valence-electron chi connectivity index (χ3n) is 2.47. The molecule has 1 atom stereocenters. The number of hydrogen-bond acceptors (Lipinski definition) is 3. The van der Waals surface area contributed by atoms with Crippen LogP contribution in [0.4, 0.5) is 8.78 Å². The molecule has 0 aliphatic heterocycles. The van der Waals surface area contributed by atoms with Crippen LogP contribution in [0.2, 0.25) is 0 Å². The molecule has 88 valence electrons. The molecule has 3 nitrogen and oxygen atoms in total. The summed E-state index contributed by atoms with van der Waals surface area (Å²) in [6.45, 7) is 0.115. The van der Waals surface area contributed by atoms with Gasteiger partial charge in [-0.05, 0) is 24.3 Å². The van der Waals surface area contributed by atoms with Crippen LogP contribution in [0.5, 0.6) is 0 Å². The zero-order chi connectivity index (χ0) is 12.3. The fourth-order valence-electron chi connectivity index (χ4n) is 1.64. The molecule has 1 aromatic carbocycles. The molecule has 0 aliphatic rings. The van der Waals surface area contributed by atoms with E-state index in [1.165, 1.54) is 0 Å². The summed E-state index contributed by atoms with van der Waals surface area (Å²) in [4.78, 5) is 8.03. The summed E-state index contributed by atoms with van der Waals surface area (Å²) in [5.41, 5.74) is 5.77. The number of hydrogen-bond donors (Lipinski definition) is 1. The molecule has 5 heteroatoms. The van der Waals surface area contributed by atoms with E-state index in [0.717, 1.165) is 18.2 Å². The predicted octanol–water partition coefficient (Wildman–Crippen LogP) is 1.85. The van der Waals surface area contributed by atoms with Crippen molar-refractivity contribution in [2.75, 3.05) is 6.54 Å². The van der Waals surface area contributed by atoms with Gasteiger partial charge in [-0.15, -0.1) is 0 Å². The third-order valence-corrected chi connectivity index (χ3v) is 2.47. The van der Waals surface area contributed by atoms with Gasteiger partial charge in [0.2, 0.25) is 0 Å². The number of halogens is 2. The van der Waals surface area contributed by atoms with Gasteiger partial charge in [-0.2, -0.15) is 0 Å². The highest BCUT2D eigenvalue weighted by Crippen LogP contribution is 2.23. The Kier molecular flexibility index (Phi) is 3.39. The van der Waals surface area contributed by atoms with E-state index in [1.807, 2.05) is 0 Å². The Hall–Kier alpha value is -1.88. The summed E-state index contributed by atoms with van der Waals surface area (Å²) in [5.74, 6) is -1.16. The van der Waals surface area contributed by atoms with Crippen LogP contribution in [0.25, 0.3) is 0 Å². The fraction of sp³-hybridized carbons (Fsp3) is 0.167. The molecule has 2 N–H and O–H groups in total. The van der Waals surface area contributed by atoms with Crippen LogP contribution < -0.4 is 5.73 Å². The second-order valence-corrected chi connectivity index (χ2v) is 3.56. The lowest BCUT2D eigenvalue weighted by molar-refractivity contribution is 0.570. The minimum Gasteiger partial charge on any atom is -0.329 e. The fourth-order valence-corrected chi connectivity index (χ4v) is 1.64. The Bertz CT molecular complexity index is 502. The van der Waals surface area contributed by atoms with Crippen molar-refractivity contribution in [2.45, 2.75) is 5.92 Å². The molecule has 0 spiro atoms. The Morgan fingerprint density at radius 3 is 2.53 bits per heavy atom. The zero-order valence-corrected chi connectivity index (χ0v) is 8.98. The highest BCUT2D eigenvalue weighted by atomic mass is 19.1. The first-order chi connectivity index (χ1) is 8.22. The van der Waals surface area contributed by atoms with Crippen molar-refractivity contribution in [3.63, 3.8) is 0 Å². The van der Waals surface area contributed by atoms with Gasteiger partial charge < -0.3 is 5.73 Å². The number of nitrogens with zero attached hydrogens (tertiary/aromatic N) is 2. The maximum Gasteiger partial charge on any atom is 0.137 e. The maximum absolute atomic E-state index is 13.6. The molecule has 17 heavy (non-hydrogen) atoms. The van der Waals surface area contributed by atoms with Gasteiger partial charge in [0.25, 0.3) is 0 Å². The maximum atomic E-state index is 13.6. The van der Waals surface area contributed by atoms with Crippen LogP contribution >= 0.6 is 0 Å². The largest absolute Gasteiger partial charge is 0.329 e. The molecule has 1 unspecified atom stereocenters. The van der Waals surface area contributed by atoms with Crippen molar-refractivity contribution in [2.24, 2.45) is 5.73 Å². The summed E-state index contributed by atoms with van der Waals surface area (Å²) in [5, 5.41) is 0. The topological polar surface area (TPSA) is 51.8 Å². The van der Waals surface area contributed by atoms with Gasteiger partial charge in [0.1, 0.15) is 17.5 Å². The molecular formula is C12H11F2N3. The molecule has 2 aromatic rings. The predicted molar refractivity (Wildman–Crippen MR) is 59.3 cm³/mol. The molecule has 1 heterocycles. The van der Waals surface area contributed by atoms with E-state index in [-0.39, 0.29) is 12.1 Å². The van der Waals surface area contributed by atoms with E-state index >= 15 is 0 Å². The second-order valence-electron chi connectivity index (χ2n) is 3.56. The van der Waals surface area contributed by atoms with Crippen molar-refractivity contribution >= 4 is 0 Å². The Morgan fingerprint density at radius 1 is 1.18 bits per heavy atom. The lowest BCUT2D eigenvalue weighted by Gasteiger charge is -2.14. The molecule has 0 radical (unpaired) electrons. The van der Waals surface area contributed by atoms with Gasteiger partial charge >= 0.3 is 0 Å². The Morgan fingerprint density at radius 2 is 1.88 bits per heavy atom. The van der Waals surface area contributed by atoms with Crippen LogP contribution in [-0.4, -0.2) is 16.5 Å². The van der Waals surface area contributed by atoms with Gasteiger partial charge in [0, 0.05) is 24.5 Å². The summed E-state index contributed by atoms with van der Waals surface area (Å²) in [6.07, 6.45) is 3.09. The summed E-state index contributed by atoms with van der Waals surface area (Å²) >= 11 is 0. The van der Waals surface area contributed by atoms with Crippen LogP contribution in [-0.2, 0) is 0 Å². The minimum atomic E-state index is -0.535. The van der Waals surface area contributed by atoms with E-state index in [9.17, 15) is 8.78 Å². The number of benzene rings is 1. The summed E-state index contributed by atoms with van der Waals surface area (Å²) in [7, 11) is 0. The van der Waals surface area contributed by atoms with Crippen LogP contribution in [0.15, 0.2) is 36.7 Å². The Labute approximate surface area is 97.3 Å². The van der Waals surface area contributed by atoms with Gasteiger partial charge in [-0.1, -0.05) is 0 Å². The number of nitrogens with two attached hydrogens (primary N) is 1. The van der Waals surface area contributed by atoms with Crippen molar-refractivity contribution in [1.82, 2.24) is 9.97 Å². The van der Waals surface area contributed by atoms with E-state index in [0.29, 0.717) is 5.82 Å². The molecule has 0 saturated heterocycles. The van der Waals surface area contributed by atoms with Crippen LogP contribution in [0.1, 0.15) is 17.3 Å². The lowest BCUT2D eigenvalue weighted by atomic mass is 9.97. The minimum absolute atomic E-state index is 0.115. The third kappa shape index (κ3) is 2.45. The van der Waals surface area contributed by atoms with Gasteiger partial charge in [-0.25, -0.2) is 18.7 Å². The Balaban J connectivity index is 2.46. The number of rotatable bonds is 3. The highest BCUT2D eigenvalue weighted by Gasteiger charge is 2.19. The van der Waals surface area contributed by atoms with E-state index in [4.69, 9.17) is 5.73 Å². The van der Waals surface area contributed by atoms with Crippen molar-refractivity contribution in [1.29, 1.82) is 0 Å². The lowest BCUT2D eigenvalue weighted by Crippen LogP contribution is -2.17. The molecule has 0 saturated carbocycles. The first-order valence-corrected chi connectivity index (χ1v) is 5.14. The zero-order valence-electron chi connectivity index (χ0n) is 8.98. The number of aromatic nitrogens is 2. The normalized spacial score (nSPS) is 12.4. The van der Waals surface area contributed by atoms with E-state index in [2.05, 4.69) is 9.97 Å². The molecule has 0 fully saturated rings. The van der Waals surface area contributed by atoms with Crippen molar-refractivity contribution in [3.8, 4) is 0 Å². The molecule has 0 aliphatic carbocycles. The first-order valence-electron chi connectivity index (χ1n) is 5.14. The van der Waals surface area contributed by atoms with E-state index in [1.54, 1.807) is 18.5 Å². The smallest absolute Gasteiger partial charge is 0.137 e. The standard InChI is InChI=1S/C12H11F2N3/c13-8-2-3-11(14)9(6-8)10(7-15)12-16-4-1-5-17-12/h1-6,10H,7,15H2. The molecular weight excluding hydrogens is 224 g/mol. The van der Waals surface area contributed by atoms with Crippen molar-refractivity contribution < 1.29 is 8.78 Å². The van der Waals surface area contributed by atoms with Gasteiger partial charge in [-0.3, -0.25) is 0 Å². The molecule has 0 bridgehead atoms. The highest BCUT2D eigenvalue weighted by molar-refractivity contribution is 5.28. The summed E-state index contributed by atoms with van der Waals surface area (Å²) in [6, 6.07) is 4.93. The van der Waals surface area contributed by atoms with Crippen LogP contribution in [0, 0.1) is 11.6 Å². The second kappa shape index (κ2) is 4.97. The average molecular weight is 235 g/mol. The molecule has 0 amide bonds. The summed E-state index contributed by atoms with van der Waals surface area (Å²) < 4.78 is 26.7. The molecule has 1 aromatic heterocycles.